The molecule has 0 radical (unpaired) electrons. The van der Waals surface area contributed by atoms with Gasteiger partial charge >= 0.3 is 11.6 Å². The first kappa shape index (κ1) is 23.0. The van der Waals surface area contributed by atoms with E-state index < -0.39 is 5.63 Å². The van der Waals surface area contributed by atoms with E-state index in [4.69, 9.17) is 9.15 Å². The van der Waals surface area contributed by atoms with Gasteiger partial charge in [-0.2, -0.15) is 0 Å². The fraction of sp³-hybridized carbons (Fsp3) is 0.583. The molecule has 2 aromatic rings. The van der Waals surface area contributed by atoms with Gasteiger partial charge in [-0.1, -0.05) is 46.5 Å². The van der Waals surface area contributed by atoms with Crippen molar-refractivity contribution in [1.82, 2.24) is 0 Å². The van der Waals surface area contributed by atoms with E-state index in [2.05, 4.69) is 20.8 Å². The van der Waals surface area contributed by atoms with Crippen molar-refractivity contribution in [2.45, 2.75) is 85.0 Å². The van der Waals surface area contributed by atoms with Gasteiger partial charge in [0.15, 0.2) is 0 Å². The molecule has 5 heteroatoms. The summed E-state index contributed by atoms with van der Waals surface area (Å²) in [4.78, 5) is 24.2. The number of esters is 1. The maximum atomic E-state index is 12.5. The number of aromatic hydroxyl groups is 1. The molecule has 29 heavy (non-hydrogen) atoms. The van der Waals surface area contributed by atoms with Crippen molar-refractivity contribution in [2.24, 2.45) is 0 Å². The van der Waals surface area contributed by atoms with Crippen molar-refractivity contribution in [1.29, 1.82) is 0 Å². The molecule has 0 aliphatic carbocycles. The van der Waals surface area contributed by atoms with E-state index in [0.29, 0.717) is 28.7 Å². The smallest absolute Gasteiger partial charge is 0.339 e. The molecule has 1 aromatic carbocycles. The Morgan fingerprint density at radius 2 is 1.90 bits per heavy atom. The van der Waals surface area contributed by atoms with Gasteiger partial charge in [-0.15, -0.1) is 0 Å². The number of carbonyl (C=O) groups is 1. The summed E-state index contributed by atoms with van der Waals surface area (Å²) in [5, 5.41) is 11.3. The van der Waals surface area contributed by atoms with Crippen LogP contribution in [0.4, 0.5) is 0 Å². The van der Waals surface area contributed by atoms with Gasteiger partial charge in [-0.25, -0.2) is 4.79 Å². The summed E-state index contributed by atoms with van der Waals surface area (Å²) in [7, 11) is 0. The van der Waals surface area contributed by atoms with Crippen LogP contribution in [-0.4, -0.2) is 17.7 Å². The fourth-order valence-corrected chi connectivity index (χ4v) is 3.80. The second kappa shape index (κ2) is 9.95. The molecule has 1 N–H and O–H groups in total. The number of carbonyl (C=O) groups excluding carboxylic acids is 1. The second-order valence-corrected chi connectivity index (χ2v) is 8.36. The highest BCUT2D eigenvalue weighted by Gasteiger charge is 2.24. The number of benzene rings is 1. The summed E-state index contributed by atoms with van der Waals surface area (Å²) in [6.45, 7) is 10.3. The molecule has 0 fully saturated rings. The van der Waals surface area contributed by atoms with Crippen molar-refractivity contribution < 1.29 is 19.1 Å². The predicted octanol–water partition coefficient (Wildman–Crippen LogP) is 5.55. The maximum absolute atomic E-state index is 12.5. The van der Waals surface area contributed by atoms with E-state index in [1.807, 2.05) is 6.07 Å². The molecular weight excluding hydrogens is 368 g/mol. The van der Waals surface area contributed by atoms with Crippen LogP contribution in [0.2, 0.25) is 0 Å². The monoisotopic (exact) mass is 402 g/mol. The molecular formula is C24H34O5. The molecule has 0 saturated carbocycles. The lowest BCUT2D eigenvalue weighted by Gasteiger charge is -2.26. The molecule has 2 rings (SSSR count). The van der Waals surface area contributed by atoms with Crippen LogP contribution < -0.4 is 5.63 Å². The average molecular weight is 403 g/mol. The van der Waals surface area contributed by atoms with Gasteiger partial charge in [0.1, 0.15) is 11.3 Å². The van der Waals surface area contributed by atoms with Gasteiger partial charge in [0, 0.05) is 12.0 Å². The normalized spacial score (nSPS) is 11.8. The molecule has 1 aromatic heterocycles. The van der Waals surface area contributed by atoms with Crippen molar-refractivity contribution in [3.05, 3.63) is 39.2 Å². The highest BCUT2D eigenvalue weighted by molar-refractivity contribution is 5.88. The number of rotatable bonds is 10. The highest BCUT2D eigenvalue weighted by Crippen LogP contribution is 2.37. The minimum Gasteiger partial charge on any atom is -0.507 e. The van der Waals surface area contributed by atoms with Crippen molar-refractivity contribution in [3.63, 3.8) is 0 Å². The Kier molecular flexibility index (Phi) is 7.88. The van der Waals surface area contributed by atoms with E-state index in [1.54, 1.807) is 19.9 Å². The molecule has 0 spiro atoms. The molecule has 160 valence electrons. The van der Waals surface area contributed by atoms with Crippen molar-refractivity contribution in [2.75, 3.05) is 6.61 Å². The minimum atomic E-state index is -0.461. The first-order valence-electron chi connectivity index (χ1n) is 10.7. The Labute approximate surface area is 173 Å². The third-order valence-corrected chi connectivity index (χ3v) is 5.68. The summed E-state index contributed by atoms with van der Waals surface area (Å²) in [6.07, 6.45) is 6.06. The molecule has 1 heterocycles. The van der Waals surface area contributed by atoms with Crippen molar-refractivity contribution in [3.8, 4) is 5.75 Å². The molecule has 0 atom stereocenters. The highest BCUT2D eigenvalue weighted by atomic mass is 16.5. The Balaban J connectivity index is 2.36. The minimum absolute atomic E-state index is 0.106. The molecule has 0 aliphatic rings. The molecule has 0 unspecified atom stereocenters. The molecule has 5 nitrogen and oxygen atoms in total. The zero-order valence-electron chi connectivity index (χ0n) is 18.4. The maximum Gasteiger partial charge on any atom is 0.339 e. The van der Waals surface area contributed by atoms with Crippen LogP contribution >= 0.6 is 0 Å². The fourth-order valence-electron chi connectivity index (χ4n) is 3.80. The number of hydrogen-bond acceptors (Lipinski definition) is 5. The lowest BCUT2D eigenvalue weighted by Crippen LogP contribution is -2.18. The topological polar surface area (TPSA) is 76.7 Å². The largest absolute Gasteiger partial charge is 0.507 e. The molecule has 0 amide bonds. The van der Waals surface area contributed by atoms with Crippen LogP contribution in [0.25, 0.3) is 11.0 Å². The number of phenols is 1. The van der Waals surface area contributed by atoms with Gasteiger partial charge in [0.2, 0.25) is 0 Å². The number of hydrogen-bond donors (Lipinski definition) is 1. The number of fused-ring (bicyclic) bond motifs is 1. The summed E-state index contributed by atoms with van der Waals surface area (Å²) < 4.78 is 10.5. The van der Waals surface area contributed by atoms with Crippen LogP contribution in [0, 0.1) is 6.92 Å². The number of unbranched alkanes of at least 4 members (excludes halogenated alkanes) is 3. The van der Waals surface area contributed by atoms with Gasteiger partial charge in [-0.05, 0) is 55.4 Å². The lowest BCUT2D eigenvalue weighted by atomic mass is 9.79. The van der Waals surface area contributed by atoms with Crippen LogP contribution in [0.3, 0.4) is 0 Å². The number of phenolic OH excluding ortho intramolecular Hbond substituents is 1. The van der Waals surface area contributed by atoms with Gasteiger partial charge in [0.25, 0.3) is 0 Å². The Morgan fingerprint density at radius 3 is 2.55 bits per heavy atom. The number of aryl methyl sites for hydroxylation is 1. The van der Waals surface area contributed by atoms with Crippen LogP contribution in [0.15, 0.2) is 21.3 Å². The first-order valence-corrected chi connectivity index (χ1v) is 10.7. The van der Waals surface area contributed by atoms with E-state index in [-0.39, 0.29) is 30.0 Å². The van der Waals surface area contributed by atoms with Crippen molar-refractivity contribution >= 4 is 16.9 Å². The Bertz CT molecular complexity index is 908. The predicted molar refractivity (Wildman–Crippen MR) is 116 cm³/mol. The second-order valence-electron chi connectivity index (χ2n) is 8.36. The van der Waals surface area contributed by atoms with Crippen LogP contribution in [-0.2, 0) is 21.4 Å². The SMILES string of the molecule is CCCCCCC(C)(C)c1cc(O)c2c(C)c(CCC(=O)OCC)c(=O)oc2c1. The Morgan fingerprint density at radius 1 is 1.17 bits per heavy atom. The summed E-state index contributed by atoms with van der Waals surface area (Å²) >= 11 is 0. The zero-order chi connectivity index (χ0) is 21.6. The van der Waals surface area contributed by atoms with Gasteiger partial charge in [-0.3, -0.25) is 4.79 Å². The Hall–Kier alpha value is -2.30. The third kappa shape index (κ3) is 5.62. The summed E-state index contributed by atoms with van der Waals surface area (Å²) in [6, 6.07) is 3.66. The van der Waals surface area contributed by atoms with Crippen LogP contribution in [0.5, 0.6) is 5.75 Å². The number of ether oxygens (including phenoxy) is 1. The van der Waals surface area contributed by atoms with E-state index >= 15 is 0 Å². The summed E-state index contributed by atoms with van der Waals surface area (Å²) in [5.41, 5.74) is 1.83. The molecule has 0 bridgehead atoms. The van der Waals surface area contributed by atoms with E-state index in [9.17, 15) is 14.7 Å². The van der Waals surface area contributed by atoms with E-state index in [0.717, 1.165) is 18.4 Å². The molecule has 0 aliphatic heterocycles. The average Bonchev–Trinajstić information content (AvgIpc) is 2.64. The van der Waals surface area contributed by atoms with Crippen LogP contribution in [0.1, 0.15) is 82.9 Å². The quantitative estimate of drug-likeness (QED) is 0.320. The summed E-state index contributed by atoms with van der Waals surface area (Å²) in [5.74, 6) is -0.242. The standard InChI is InChI=1S/C24H34O5/c1-6-8-9-10-13-24(4,5)17-14-19(25)22-16(3)18(11-12-21(26)28-7-2)23(27)29-20(22)15-17/h14-15,25H,6-13H2,1-5H3. The zero-order valence-corrected chi connectivity index (χ0v) is 18.4. The first-order chi connectivity index (χ1) is 13.7. The van der Waals surface area contributed by atoms with Gasteiger partial charge < -0.3 is 14.3 Å². The molecule has 0 saturated heterocycles. The lowest BCUT2D eigenvalue weighted by molar-refractivity contribution is -0.143. The third-order valence-electron chi connectivity index (χ3n) is 5.68. The van der Waals surface area contributed by atoms with Gasteiger partial charge in [0.05, 0.1) is 12.0 Å². The van der Waals surface area contributed by atoms with E-state index in [1.165, 1.54) is 19.3 Å².